The summed E-state index contributed by atoms with van der Waals surface area (Å²) in [6.45, 7) is 6.18. The first-order valence-corrected chi connectivity index (χ1v) is 7.54. The van der Waals surface area contributed by atoms with Crippen molar-refractivity contribution in [2.24, 2.45) is 5.92 Å². The summed E-state index contributed by atoms with van der Waals surface area (Å²) in [6, 6.07) is 0.211. The Bertz CT molecular complexity index is 431. The molecule has 0 aromatic carbocycles. The third-order valence-electron chi connectivity index (χ3n) is 4.42. The summed E-state index contributed by atoms with van der Waals surface area (Å²) in [5.41, 5.74) is 0. The minimum atomic E-state index is 0.211. The summed E-state index contributed by atoms with van der Waals surface area (Å²) in [6.07, 6.45) is 3.79. The highest BCUT2D eigenvalue weighted by atomic mass is 16.5. The molecule has 2 fully saturated rings. The average molecular weight is 280 g/mol. The van der Waals surface area contributed by atoms with E-state index in [1.807, 2.05) is 6.92 Å². The Morgan fingerprint density at radius 2 is 2.40 bits per heavy atom. The van der Waals surface area contributed by atoms with Crippen LogP contribution in [0.2, 0.25) is 0 Å². The molecule has 3 heterocycles. The van der Waals surface area contributed by atoms with Gasteiger partial charge >= 0.3 is 0 Å². The fraction of sp³-hybridized carbons (Fsp3) is 0.857. The second-order valence-electron chi connectivity index (χ2n) is 5.96. The Balaban J connectivity index is 1.68. The van der Waals surface area contributed by atoms with Gasteiger partial charge in [-0.05, 0) is 45.2 Å². The predicted molar refractivity (Wildman–Crippen MR) is 74.4 cm³/mol. The lowest BCUT2D eigenvalue weighted by molar-refractivity contribution is 0.104. The van der Waals surface area contributed by atoms with Crippen molar-refractivity contribution in [2.45, 2.75) is 38.3 Å². The van der Waals surface area contributed by atoms with Crippen LogP contribution in [-0.2, 0) is 4.74 Å². The van der Waals surface area contributed by atoms with Crippen LogP contribution in [0.15, 0.2) is 4.52 Å². The number of hydrogen-bond donors (Lipinski definition) is 1. The zero-order valence-electron chi connectivity index (χ0n) is 12.3. The van der Waals surface area contributed by atoms with E-state index in [-0.39, 0.29) is 12.1 Å². The first kappa shape index (κ1) is 14.0. The Morgan fingerprint density at radius 1 is 1.50 bits per heavy atom. The van der Waals surface area contributed by atoms with Gasteiger partial charge in [0, 0.05) is 20.2 Å². The van der Waals surface area contributed by atoms with E-state index in [1.54, 1.807) is 7.11 Å². The van der Waals surface area contributed by atoms with E-state index in [0.29, 0.717) is 11.7 Å². The summed E-state index contributed by atoms with van der Waals surface area (Å²) in [5, 5.41) is 7.41. The van der Waals surface area contributed by atoms with E-state index >= 15 is 0 Å². The zero-order chi connectivity index (χ0) is 13.9. The van der Waals surface area contributed by atoms with Gasteiger partial charge < -0.3 is 14.6 Å². The molecular formula is C14H24N4O2. The van der Waals surface area contributed by atoms with Crippen LogP contribution in [0.1, 0.15) is 37.0 Å². The minimum absolute atomic E-state index is 0.211. The largest absolute Gasteiger partial charge is 0.380 e. The van der Waals surface area contributed by atoms with E-state index in [9.17, 15) is 0 Å². The summed E-state index contributed by atoms with van der Waals surface area (Å²) >= 11 is 0. The average Bonchev–Trinajstić information content (AvgIpc) is 3.06. The number of rotatable bonds is 4. The third-order valence-corrected chi connectivity index (χ3v) is 4.42. The maximum absolute atomic E-state index is 5.54. The number of piperidine rings is 1. The molecular weight excluding hydrogens is 256 g/mol. The van der Waals surface area contributed by atoms with Gasteiger partial charge in [0.2, 0.25) is 5.89 Å². The fourth-order valence-corrected chi connectivity index (χ4v) is 3.35. The van der Waals surface area contributed by atoms with Crippen molar-refractivity contribution in [3.05, 3.63) is 11.7 Å². The molecule has 2 aliphatic heterocycles. The highest BCUT2D eigenvalue weighted by Crippen LogP contribution is 2.33. The highest BCUT2D eigenvalue weighted by Gasteiger charge is 2.37. The molecule has 3 atom stereocenters. The number of likely N-dealkylation sites (tertiary alicyclic amines) is 1. The molecule has 2 aliphatic rings. The molecule has 0 radical (unpaired) electrons. The van der Waals surface area contributed by atoms with Gasteiger partial charge in [0.1, 0.15) is 0 Å². The quantitative estimate of drug-likeness (QED) is 0.892. The van der Waals surface area contributed by atoms with Crippen LogP contribution in [0.5, 0.6) is 0 Å². The van der Waals surface area contributed by atoms with Crippen LogP contribution in [0.25, 0.3) is 0 Å². The molecule has 1 aromatic rings. The van der Waals surface area contributed by atoms with Crippen LogP contribution in [0, 0.1) is 12.8 Å². The van der Waals surface area contributed by atoms with Crippen molar-refractivity contribution in [3.63, 3.8) is 0 Å². The van der Waals surface area contributed by atoms with E-state index in [2.05, 4.69) is 20.4 Å². The number of ether oxygens (including phenoxy) is 1. The van der Waals surface area contributed by atoms with Gasteiger partial charge in [-0.25, -0.2) is 0 Å². The molecule has 0 aliphatic carbocycles. The van der Waals surface area contributed by atoms with Gasteiger partial charge in [-0.15, -0.1) is 0 Å². The van der Waals surface area contributed by atoms with Crippen LogP contribution >= 0.6 is 0 Å². The molecule has 0 bridgehead atoms. The topological polar surface area (TPSA) is 63.4 Å². The Morgan fingerprint density at radius 3 is 3.05 bits per heavy atom. The molecule has 1 aromatic heterocycles. The first-order chi connectivity index (χ1) is 9.76. The van der Waals surface area contributed by atoms with Gasteiger partial charge in [-0.2, -0.15) is 4.98 Å². The Kier molecular flexibility index (Phi) is 4.33. The van der Waals surface area contributed by atoms with Crippen molar-refractivity contribution in [2.75, 3.05) is 33.3 Å². The number of methoxy groups -OCH3 is 1. The number of nitrogens with one attached hydrogen (secondary N) is 1. The molecule has 0 amide bonds. The molecule has 1 N–H and O–H groups in total. The molecule has 3 rings (SSSR count). The number of aryl methyl sites for hydroxylation is 1. The smallest absolute Gasteiger partial charge is 0.244 e. The van der Waals surface area contributed by atoms with Gasteiger partial charge in [-0.3, -0.25) is 4.90 Å². The molecule has 0 spiro atoms. The molecule has 2 saturated heterocycles. The summed E-state index contributed by atoms with van der Waals surface area (Å²) in [4.78, 5) is 6.87. The maximum Gasteiger partial charge on any atom is 0.244 e. The van der Waals surface area contributed by atoms with Gasteiger partial charge in [0.25, 0.3) is 0 Å². The lowest BCUT2D eigenvalue weighted by Gasteiger charge is -2.29. The van der Waals surface area contributed by atoms with Gasteiger partial charge in [0.05, 0.1) is 12.1 Å². The lowest BCUT2D eigenvalue weighted by Crippen LogP contribution is -2.38. The van der Waals surface area contributed by atoms with Crippen LogP contribution in [0.3, 0.4) is 0 Å². The standard InChI is InChI=1S/C14H24N4O2/c1-10-16-14(20-17-10)13-6-12(19-2)9-18(13)8-11-4-3-5-15-7-11/h11-13,15H,3-9H2,1-2H3/t11?,12-,13+/m0/s1. The molecule has 0 saturated carbocycles. The van der Waals surface area contributed by atoms with E-state index in [0.717, 1.165) is 38.5 Å². The molecule has 20 heavy (non-hydrogen) atoms. The summed E-state index contributed by atoms with van der Waals surface area (Å²) < 4.78 is 10.9. The number of hydrogen-bond acceptors (Lipinski definition) is 6. The normalized spacial score (nSPS) is 31.8. The van der Waals surface area contributed by atoms with Crippen LogP contribution < -0.4 is 5.32 Å². The lowest BCUT2D eigenvalue weighted by atomic mass is 9.99. The summed E-state index contributed by atoms with van der Waals surface area (Å²) in [5.74, 6) is 2.16. The predicted octanol–water partition coefficient (Wildman–Crippen LogP) is 1.14. The van der Waals surface area contributed by atoms with Crippen LogP contribution in [0.4, 0.5) is 0 Å². The highest BCUT2D eigenvalue weighted by molar-refractivity contribution is 4.99. The maximum atomic E-state index is 5.54. The van der Waals surface area contributed by atoms with Crippen molar-refractivity contribution >= 4 is 0 Å². The van der Waals surface area contributed by atoms with E-state index in [1.165, 1.54) is 12.8 Å². The van der Waals surface area contributed by atoms with E-state index < -0.39 is 0 Å². The Labute approximate surface area is 119 Å². The van der Waals surface area contributed by atoms with Crippen LogP contribution in [-0.4, -0.2) is 54.4 Å². The SMILES string of the molecule is CO[C@H]1C[C@H](c2nc(C)no2)N(CC2CCCNC2)C1. The van der Waals surface area contributed by atoms with Gasteiger partial charge in [0.15, 0.2) is 5.82 Å². The minimum Gasteiger partial charge on any atom is -0.380 e. The third kappa shape index (κ3) is 3.02. The van der Waals surface area contributed by atoms with Crippen molar-refractivity contribution < 1.29 is 9.26 Å². The number of nitrogens with zero attached hydrogens (tertiary/aromatic N) is 3. The van der Waals surface area contributed by atoms with Crippen molar-refractivity contribution in [3.8, 4) is 0 Å². The van der Waals surface area contributed by atoms with E-state index in [4.69, 9.17) is 9.26 Å². The number of aromatic nitrogens is 2. The zero-order valence-corrected chi connectivity index (χ0v) is 12.3. The molecule has 6 heteroatoms. The molecule has 1 unspecified atom stereocenters. The fourth-order valence-electron chi connectivity index (χ4n) is 3.35. The Hall–Kier alpha value is -0.980. The first-order valence-electron chi connectivity index (χ1n) is 7.54. The monoisotopic (exact) mass is 280 g/mol. The molecule has 6 nitrogen and oxygen atoms in total. The second kappa shape index (κ2) is 6.20. The van der Waals surface area contributed by atoms with Crippen molar-refractivity contribution in [1.29, 1.82) is 0 Å². The summed E-state index contributed by atoms with van der Waals surface area (Å²) in [7, 11) is 1.78. The van der Waals surface area contributed by atoms with Crippen molar-refractivity contribution in [1.82, 2.24) is 20.4 Å². The molecule has 112 valence electrons. The van der Waals surface area contributed by atoms with Gasteiger partial charge in [-0.1, -0.05) is 5.16 Å². The second-order valence-corrected chi connectivity index (χ2v) is 5.96.